The fourth-order valence-electron chi connectivity index (χ4n) is 3.62. The van der Waals surface area contributed by atoms with Crippen LogP contribution in [0.2, 0.25) is 0 Å². The van der Waals surface area contributed by atoms with Gasteiger partial charge in [0.1, 0.15) is 5.75 Å². The van der Waals surface area contributed by atoms with Crippen LogP contribution in [0.1, 0.15) is 16.7 Å². The minimum Gasteiger partial charge on any atom is -0.484 e. The average Bonchev–Trinajstić information content (AvgIpc) is 3.22. The molecule has 1 N–H and O–H groups in total. The lowest BCUT2D eigenvalue weighted by Gasteiger charge is -2.20. The summed E-state index contributed by atoms with van der Waals surface area (Å²) < 4.78 is 33.4. The predicted molar refractivity (Wildman–Crippen MR) is 120 cm³/mol. The number of hydrogen-bond acceptors (Lipinski definition) is 4. The lowest BCUT2D eigenvalue weighted by Crippen LogP contribution is -2.29. The van der Waals surface area contributed by atoms with Crippen molar-refractivity contribution in [2.24, 2.45) is 0 Å². The van der Waals surface area contributed by atoms with Crippen LogP contribution in [0.5, 0.6) is 5.75 Å². The number of anilines is 1. The lowest BCUT2D eigenvalue weighted by atomic mass is 10.2. The Kier molecular flexibility index (Phi) is 5.95. The molecule has 1 aliphatic heterocycles. The zero-order valence-corrected chi connectivity index (χ0v) is 18.1. The Morgan fingerprint density at radius 3 is 2.55 bits per heavy atom. The van der Waals surface area contributed by atoms with Crippen molar-refractivity contribution in [3.63, 3.8) is 0 Å². The number of rotatable bonds is 7. The van der Waals surface area contributed by atoms with E-state index in [4.69, 9.17) is 4.74 Å². The molecule has 31 heavy (non-hydrogen) atoms. The molecule has 0 atom stereocenters. The highest BCUT2D eigenvalue weighted by atomic mass is 32.2. The molecule has 0 fully saturated rings. The first kappa shape index (κ1) is 20.9. The van der Waals surface area contributed by atoms with Crippen LogP contribution in [0.15, 0.2) is 77.7 Å². The molecule has 3 aromatic carbocycles. The number of hydrogen-bond donors (Lipinski definition) is 1. The van der Waals surface area contributed by atoms with Crippen LogP contribution >= 0.6 is 0 Å². The molecule has 1 heterocycles. The van der Waals surface area contributed by atoms with Crippen molar-refractivity contribution in [2.45, 2.75) is 24.8 Å². The Morgan fingerprint density at radius 2 is 1.77 bits per heavy atom. The molecule has 0 bridgehead atoms. The minimum atomic E-state index is -3.66. The number of nitrogens with zero attached hydrogens (tertiary/aromatic N) is 1. The van der Waals surface area contributed by atoms with E-state index in [1.807, 2.05) is 54.6 Å². The van der Waals surface area contributed by atoms with Gasteiger partial charge in [0, 0.05) is 13.1 Å². The molecule has 0 unspecified atom stereocenters. The molecule has 160 valence electrons. The van der Waals surface area contributed by atoms with Gasteiger partial charge < -0.3 is 10.1 Å². The van der Waals surface area contributed by atoms with Gasteiger partial charge in [0.05, 0.1) is 10.6 Å². The second-order valence-electron chi connectivity index (χ2n) is 7.43. The van der Waals surface area contributed by atoms with E-state index in [9.17, 15) is 13.2 Å². The number of ether oxygens (including phenoxy) is 1. The first-order chi connectivity index (χ1) is 14.9. The summed E-state index contributed by atoms with van der Waals surface area (Å²) >= 11 is 0. The van der Waals surface area contributed by atoms with E-state index in [1.165, 1.54) is 10.4 Å². The molecule has 0 aromatic heterocycles. The fourth-order valence-corrected chi connectivity index (χ4v) is 5.21. The largest absolute Gasteiger partial charge is 0.484 e. The monoisotopic (exact) mass is 436 g/mol. The summed E-state index contributed by atoms with van der Waals surface area (Å²) in [5, 5.41) is 2.80. The summed E-state index contributed by atoms with van der Waals surface area (Å²) in [5.41, 5.74) is 3.43. The van der Waals surface area contributed by atoms with Crippen molar-refractivity contribution in [2.75, 3.05) is 17.5 Å². The molecule has 0 saturated carbocycles. The van der Waals surface area contributed by atoms with E-state index in [2.05, 4.69) is 5.32 Å². The number of nitrogens with one attached hydrogen (secondary N) is 1. The van der Waals surface area contributed by atoms with Gasteiger partial charge >= 0.3 is 0 Å². The maximum Gasteiger partial charge on any atom is 0.264 e. The number of amides is 1. The SMILES string of the molecule is Cc1cc(S(=O)(=O)N2CCc3ccccc32)ccc1OCC(=O)NCc1ccccc1. The van der Waals surface area contributed by atoms with E-state index < -0.39 is 10.0 Å². The second kappa shape index (κ2) is 8.81. The molecule has 0 aliphatic carbocycles. The van der Waals surface area contributed by atoms with Gasteiger partial charge in [-0.1, -0.05) is 48.5 Å². The third-order valence-corrected chi connectivity index (χ3v) is 7.08. The summed E-state index contributed by atoms with van der Waals surface area (Å²) in [6.45, 7) is 2.49. The van der Waals surface area contributed by atoms with Gasteiger partial charge in [-0.3, -0.25) is 9.10 Å². The van der Waals surface area contributed by atoms with Crippen LogP contribution in [-0.4, -0.2) is 27.5 Å². The molecule has 4 rings (SSSR count). The summed E-state index contributed by atoms with van der Waals surface area (Å²) in [6.07, 6.45) is 0.702. The molecular formula is C24H24N2O4S. The summed E-state index contributed by atoms with van der Waals surface area (Å²) in [5.74, 6) is 0.240. The van der Waals surface area contributed by atoms with Crippen LogP contribution in [-0.2, 0) is 27.8 Å². The Bertz CT molecular complexity index is 1190. The molecule has 0 spiro atoms. The standard InChI is InChI=1S/C24H24N2O4S/c1-18-15-21(31(28,29)26-14-13-20-9-5-6-10-22(20)26)11-12-23(18)30-17-24(27)25-16-19-7-3-2-4-8-19/h2-12,15H,13-14,16-17H2,1H3,(H,25,27). The summed E-state index contributed by atoms with van der Waals surface area (Å²) in [4.78, 5) is 12.3. The van der Waals surface area contributed by atoms with Gasteiger partial charge in [-0.2, -0.15) is 0 Å². The molecule has 3 aromatic rings. The van der Waals surface area contributed by atoms with Gasteiger partial charge in [0.2, 0.25) is 0 Å². The molecule has 7 heteroatoms. The molecular weight excluding hydrogens is 412 g/mol. The van der Waals surface area contributed by atoms with Crippen molar-refractivity contribution in [1.82, 2.24) is 5.32 Å². The summed E-state index contributed by atoms with van der Waals surface area (Å²) in [7, 11) is -3.66. The number of fused-ring (bicyclic) bond motifs is 1. The van der Waals surface area contributed by atoms with E-state index >= 15 is 0 Å². The van der Waals surface area contributed by atoms with Crippen molar-refractivity contribution < 1.29 is 17.9 Å². The number of benzene rings is 3. The lowest BCUT2D eigenvalue weighted by molar-refractivity contribution is -0.123. The van der Waals surface area contributed by atoms with Crippen LogP contribution in [0.3, 0.4) is 0 Å². The zero-order chi connectivity index (χ0) is 21.8. The maximum absolute atomic E-state index is 13.2. The number of sulfonamides is 1. The third kappa shape index (κ3) is 4.56. The van der Waals surface area contributed by atoms with Gasteiger partial charge in [-0.25, -0.2) is 8.42 Å². The number of para-hydroxylation sites is 1. The minimum absolute atomic E-state index is 0.140. The highest BCUT2D eigenvalue weighted by molar-refractivity contribution is 7.92. The average molecular weight is 437 g/mol. The highest BCUT2D eigenvalue weighted by Gasteiger charge is 2.30. The molecule has 0 radical (unpaired) electrons. The fraction of sp³-hybridized carbons (Fsp3) is 0.208. The van der Waals surface area contributed by atoms with Crippen molar-refractivity contribution >= 4 is 21.6 Å². The van der Waals surface area contributed by atoms with Crippen LogP contribution in [0, 0.1) is 6.92 Å². The van der Waals surface area contributed by atoms with Crippen LogP contribution < -0.4 is 14.4 Å². The van der Waals surface area contributed by atoms with E-state index in [-0.39, 0.29) is 17.4 Å². The van der Waals surface area contributed by atoms with Gasteiger partial charge in [0.25, 0.3) is 15.9 Å². The highest BCUT2D eigenvalue weighted by Crippen LogP contribution is 2.33. The van der Waals surface area contributed by atoms with E-state index in [0.29, 0.717) is 30.8 Å². The maximum atomic E-state index is 13.2. The van der Waals surface area contributed by atoms with Gasteiger partial charge in [0.15, 0.2) is 6.61 Å². The van der Waals surface area contributed by atoms with E-state index in [0.717, 1.165) is 16.8 Å². The Hall–Kier alpha value is -3.32. The zero-order valence-electron chi connectivity index (χ0n) is 17.2. The summed E-state index contributed by atoms with van der Waals surface area (Å²) in [6, 6.07) is 21.9. The molecule has 6 nitrogen and oxygen atoms in total. The van der Waals surface area contributed by atoms with Crippen molar-refractivity contribution in [3.8, 4) is 5.75 Å². The normalized spacial score (nSPS) is 13.0. The third-order valence-electron chi connectivity index (χ3n) is 5.27. The number of carbonyl (C=O) groups excluding carboxylic acids is 1. The van der Waals surface area contributed by atoms with Gasteiger partial charge in [-0.15, -0.1) is 0 Å². The number of carbonyl (C=O) groups is 1. The topological polar surface area (TPSA) is 75.7 Å². The van der Waals surface area contributed by atoms with E-state index in [1.54, 1.807) is 19.1 Å². The van der Waals surface area contributed by atoms with Crippen molar-refractivity contribution in [1.29, 1.82) is 0 Å². The molecule has 0 saturated heterocycles. The Labute approximate surface area is 182 Å². The van der Waals surface area contributed by atoms with Gasteiger partial charge in [-0.05, 0) is 54.3 Å². The van der Waals surface area contributed by atoms with Crippen molar-refractivity contribution in [3.05, 3.63) is 89.5 Å². The Morgan fingerprint density at radius 1 is 1.03 bits per heavy atom. The Balaban J connectivity index is 1.41. The molecule has 1 amide bonds. The first-order valence-electron chi connectivity index (χ1n) is 10.1. The van der Waals surface area contributed by atoms with Crippen LogP contribution in [0.4, 0.5) is 5.69 Å². The first-order valence-corrected chi connectivity index (χ1v) is 11.5. The quantitative estimate of drug-likeness (QED) is 0.616. The van der Waals surface area contributed by atoms with Crippen LogP contribution in [0.25, 0.3) is 0 Å². The number of aryl methyl sites for hydroxylation is 1. The molecule has 1 aliphatic rings. The smallest absolute Gasteiger partial charge is 0.264 e. The predicted octanol–water partition coefficient (Wildman–Crippen LogP) is 3.44. The second-order valence-corrected chi connectivity index (χ2v) is 9.30.